The first-order chi connectivity index (χ1) is 9.13. The number of halogens is 1. The number of hydrogen-bond donors (Lipinski definition) is 1. The van der Waals surface area contributed by atoms with Crippen LogP contribution >= 0.6 is 11.6 Å². The third-order valence-electron chi connectivity index (χ3n) is 2.86. The molecule has 0 spiro atoms. The van der Waals surface area contributed by atoms with E-state index in [4.69, 9.17) is 16.3 Å². The summed E-state index contributed by atoms with van der Waals surface area (Å²) in [6.45, 7) is 0. The van der Waals surface area contributed by atoms with Gasteiger partial charge in [-0.05, 0) is 28.8 Å². The number of hydrogen-bond acceptors (Lipinski definition) is 2. The van der Waals surface area contributed by atoms with Crippen molar-refractivity contribution in [2.75, 3.05) is 7.11 Å². The zero-order valence-electron chi connectivity index (χ0n) is 10.3. The molecule has 0 heterocycles. The third kappa shape index (κ3) is 2.95. The molecule has 0 aliphatic carbocycles. The number of carboxylic acid groups (broad SMARTS) is 1. The Bertz CT molecular complexity index is 578. The molecule has 19 heavy (non-hydrogen) atoms. The van der Waals surface area contributed by atoms with Crippen LogP contribution in [0.1, 0.15) is 11.7 Å². The highest BCUT2D eigenvalue weighted by molar-refractivity contribution is 6.30. The zero-order valence-corrected chi connectivity index (χ0v) is 11.1. The van der Waals surface area contributed by atoms with Crippen LogP contribution in [-0.4, -0.2) is 18.2 Å². The minimum Gasteiger partial charge on any atom is -0.479 e. The van der Waals surface area contributed by atoms with Crippen molar-refractivity contribution in [2.45, 2.75) is 6.10 Å². The SMILES string of the molecule is COC(C(=O)O)c1ccccc1-c1ccc(Cl)cc1. The van der Waals surface area contributed by atoms with Crippen LogP contribution in [-0.2, 0) is 9.53 Å². The van der Waals surface area contributed by atoms with Gasteiger partial charge in [0.25, 0.3) is 0 Å². The maximum absolute atomic E-state index is 11.2. The maximum atomic E-state index is 11.2. The van der Waals surface area contributed by atoms with Crippen LogP contribution in [0.25, 0.3) is 11.1 Å². The molecule has 3 nitrogen and oxygen atoms in total. The second kappa shape index (κ2) is 5.87. The van der Waals surface area contributed by atoms with Gasteiger partial charge in [0.15, 0.2) is 6.10 Å². The molecule has 1 N–H and O–H groups in total. The molecule has 0 aliphatic heterocycles. The summed E-state index contributed by atoms with van der Waals surface area (Å²) in [6.07, 6.45) is -0.980. The van der Waals surface area contributed by atoms with E-state index in [-0.39, 0.29) is 0 Å². The summed E-state index contributed by atoms with van der Waals surface area (Å²) >= 11 is 5.86. The van der Waals surface area contributed by atoms with Crippen molar-refractivity contribution < 1.29 is 14.6 Å². The molecular formula is C15H13ClO3. The highest BCUT2D eigenvalue weighted by atomic mass is 35.5. The van der Waals surface area contributed by atoms with Crippen molar-refractivity contribution >= 4 is 17.6 Å². The van der Waals surface area contributed by atoms with Crippen molar-refractivity contribution in [3.63, 3.8) is 0 Å². The summed E-state index contributed by atoms with van der Waals surface area (Å²) < 4.78 is 5.06. The maximum Gasteiger partial charge on any atom is 0.337 e. The van der Waals surface area contributed by atoms with Crippen molar-refractivity contribution in [1.29, 1.82) is 0 Å². The molecule has 2 rings (SSSR count). The Morgan fingerprint density at radius 1 is 1.16 bits per heavy atom. The summed E-state index contributed by atoms with van der Waals surface area (Å²) in [5.41, 5.74) is 2.36. The molecule has 0 saturated carbocycles. The van der Waals surface area contributed by atoms with E-state index in [1.807, 2.05) is 24.3 Å². The monoisotopic (exact) mass is 276 g/mol. The lowest BCUT2D eigenvalue weighted by Crippen LogP contribution is -2.14. The van der Waals surface area contributed by atoms with Crippen molar-refractivity contribution in [2.24, 2.45) is 0 Å². The Morgan fingerprint density at radius 3 is 2.37 bits per heavy atom. The van der Waals surface area contributed by atoms with Crippen LogP contribution in [0.3, 0.4) is 0 Å². The van der Waals surface area contributed by atoms with Crippen molar-refractivity contribution in [1.82, 2.24) is 0 Å². The second-order valence-electron chi connectivity index (χ2n) is 4.05. The smallest absolute Gasteiger partial charge is 0.337 e. The van der Waals surface area contributed by atoms with Gasteiger partial charge in [0, 0.05) is 12.1 Å². The van der Waals surface area contributed by atoms with E-state index in [9.17, 15) is 9.90 Å². The number of aliphatic carboxylic acids is 1. The van der Waals surface area contributed by atoms with Gasteiger partial charge in [0.05, 0.1) is 0 Å². The molecular weight excluding hydrogens is 264 g/mol. The lowest BCUT2D eigenvalue weighted by atomic mass is 9.96. The van der Waals surface area contributed by atoms with Crippen LogP contribution in [0.15, 0.2) is 48.5 Å². The molecule has 0 radical (unpaired) electrons. The Morgan fingerprint density at radius 2 is 1.79 bits per heavy atom. The van der Waals surface area contributed by atoms with E-state index in [1.165, 1.54) is 7.11 Å². The van der Waals surface area contributed by atoms with Crippen LogP contribution < -0.4 is 0 Å². The number of rotatable bonds is 4. The molecule has 0 bridgehead atoms. The molecule has 2 aromatic carbocycles. The number of methoxy groups -OCH3 is 1. The molecule has 98 valence electrons. The fourth-order valence-corrected chi connectivity index (χ4v) is 2.10. The van der Waals surface area contributed by atoms with Gasteiger partial charge in [-0.15, -0.1) is 0 Å². The first-order valence-corrected chi connectivity index (χ1v) is 6.11. The zero-order chi connectivity index (χ0) is 13.8. The Hall–Kier alpha value is -1.84. The molecule has 0 fully saturated rings. The van der Waals surface area contributed by atoms with E-state index >= 15 is 0 Å². The summed E-state index contributed by atoms with van der Waals surface area (Å²) in [6, 6.07) is 14.5. The molecule has 1 unspecified atom stereocenters. The van der Waals surface area contributed by atoms with Crippen molar-refractivity contribution in [3.05, 3.63) is 59.1 Å². The Balaban J connectivity index is 2.52. The van der Waals surface area contributed by atoms with Gasteiger partial charge in [-0.25, -0.2) is 4.79 Å². The summed E-state index contributed by atoms with van der Waals surface area (Å²) in [4.78, 5) is 11.2. The normalized spacial score (nSPS) is 12.1. The number of ether oxygens (including phenoxy) is 1. The molecule has 1 atom stereocenters. The van der Waals surface area contributed by atoms with Gasteiger partial charge in [0.1, 0.15) is 0 Å². The number of benzene rings is 2. The van der Waals surface area contributed by atoms with Gasteiger partial charge in [-0.3, -0.25) is 0 Å². The molecule has 0 aromatic heterocycles. The van der Waals surface area contributed by atoms with Crippen LogP contribution in [0.5, 0.6) is 0 Å². The van der Waals surface area contributed by atoms with Crippen molar-refractivity contribution in [3.8, 4) is 11.1 Å². The lowest BCUT2D eigenvalue weighted by Gasteiger charge is -2.15. The topological polar surface area (TPSA) is 46.5 Å². The average Bonchev–Trinajstić information content (AvgIpc) is 2.41. The van der Waals surface area contributed by atoms with Crippen LogP contribution in [0.2, 0.25) is 5.02 Å². The van der Waals surface area contributed by atoms with Gasteiger partial charge in [-0.2, -0.15) is 0 Å². The second-order valence-corrected chi connectivity index (χ2v) is 4.48. The minimum absolute atomic E-state index is 0.625. The third-order valence-corrected chi connectivity index (χ3v) is 3.11. The molecule has 4 heteroatoms. The highest BCUT2D eigenvalue weighted by Gasteiger charge is 2.22. The number of carbonyl (C=O) groups is 1. The molecule has 0 saturated heterocycles. The molecule has 0 aliphatic rings. The quantitative estimate of drug-likeness (QED) is 0.924. The molecule has 2 aromatic rings. The van der Waals surface area contributed by atoms with Gasteiger partial charge >= 0.3 is 5.97 Å². The molecule has 0 amide bonds. The van der Waals surface area contributed by atoms with E-state index in [0.717, 1.165) is 11.1 Å². The largest absolute Gasteiger partial charge is 0.479 e. The predicted molar refractivity (Wildman–Crippen MR) is 74.3 cm³/mol. The van der Waals surface area contributed by atoms with E-state index < -0.39 is 12.1 Å². The van der Waals surface area contributed by atoms with Crippen LogP contribution in [0, 0.1) is 0 Å². The average molecular weight is 277 g/mol. The predicted octanol–water partition coefficient (Wildman–Crippen LogP) is 3.78. The van der Waals surface area contributed by atoms with Crippen LogP contribution in [0.4, 0.5) is 0 Å². The Labute approximate surface area is 116 Å². The highest BCUT2D eigenvalue weighted by Crippen LogP contribution is 2.30. The van der Waals surface area contributed by atoms with E-state index in [2.05, 4.69) is 0 Å². The summed E-state index contributed by atoms with van der Waals surface area (Å²) in [7, 11) is 1.39. The van der Waals surface area contributed by atoms with Gasteiger partial charge < -0.3 is 9.84 Å². The first-order valence-electron chi connectivity index (χ1n) is 5.74. The van der Waals surface area contributed by atoms with E-state index in [1.54, 1.807) is 24.3 Å². The lowest BCUT2D eigenvalue weighted by molar-refractivity contribution is -0.148. The summed E-state index contributed by atoms with van der Waals surface area (Å²) in [5, 5.41) is 9.84. The first kappa shape index (κ1) is 13.6. The van der Waals surface area contributed by atoms with E-state index in [0.29, 0.717) is 10.6 Å². The standard InChI is InChI=1S/C15H13ClO3/c1-19-14(15(17)18)13-5-3-2-4-12(13)10-6-8-11(16)9-7-10/h2-9,14H,1H3,(H,17,18). The Kier molecular flexibility index (Phi) is 4.20. The van der Waals surface area contributed by atoms with Gasteiger partial charge in [-0.1, -0.05) is 48.0 Å². The van der Waals surface area contributed by atoms with Gasteiger partial charge in [0.2, 0.25) is 0 Å². The number of carboxylic acids is 1. The minimum atomic E-state index is -1.01. The fraction of sp³-hybridized carbons (Fsp3) is 0.133. The fourth-order valence-electron chi connectivity index (χ4n) is 1.98. The summed E-state index contributed by atoms with van der Waals surface area (Å²) in [5.74, 6) is -1.01.